The molecule has 2 unspecified atom stereocenters. The summed E-state index contributed by atoms with van der Waals surface area (Å²) in [6.07, 6.45) is 4.24. The average Bonchev–Trinajstić information content (AvgIpc) is 3.30. The molecule has 0 aliphatic carbocycles. The predicted molar refractivity (Wildman–Crippen MR) is 215 cm³/mol. The van der Waals surface area contributed by atoms with Gasteiger partial charge < -0.3 is 4.90 Å². The second-order valence-electron chi connectivity index (χ2n) is 15.4. The highest BCUT2D eigenvalue weighted by atomic mass is 16.7. The summed E-state index contributed by atoms with van der Waals surface area (Å²) >= 11 is 0. The summed E-state index contributed by atoms with van der Waals surface area (Å²) in [5.74, 6) is 0.175. The number of carbonyl (C=O) groups excluding carboxylic acids is 1. The monoisotopic (exact) mass is 676 g/mol. The van der Waals surface area contributed by atoms with Gasteiger partial charge in [-0.1, -0.05) is 142 Å². The van der Waals surface area contributed by atoms with Crippen LogP contribution >= 0.6 is 0 Å². The lowest BCUT2D eigenvalue weighted by Gasteiger charge is -2.45. The van der Waals surface area contributed by atoms with Gasteiger partial charge in [-0.2, -0.15) is 0 Å². The number of hydrogen-bond acceptors (Lipinski definition) is 3. The molecule has 1 aliphatic heterocycles. The number of fused-ring (bicyclic) bond motifs is 3. The molecule has 6 aromatic carbocycles. The molecule has 51 heavy (non-hydrogen) atoms. The molecule has 6 aromatic rings. The number of nitrogens with zero attached hydrogens (tertiary/aromatic N) is 2. The van der Waals surface area contributed by atoms with E-state index in [1.807, 2.05) is 0 Å². The van der Waals surface area contributed by atoms with Gasteiger partial charge in [0.2, 0.25) is 5.91 Å². The Bertz CT molecular complexity index is 2160. The largest absolute Gasteiger partial charge is 0.321 e. The van der Waals surface area contributed by atoms with E-state index in [1.54, 1.807) is 0 Å². The van der Waals surface area contributed by atoms with E-state index in [4.69, 9.17) is 4.84 Å². The minimum Gasteiger partial charge on any atom is -0.321 e. The number of benzene rings is 6. The van der Waals surface area contributed by atoms with Gasteiger partial charge in [-0.05, 0) is 107 Å². The van der Waals surface area contributed by atoms with Crippen molar-refractivity contribution in [3.05, 3.63) is 121 Å². The van der Waals surface area contributed by atoms with Crippen LogP contribution in [-0.2, 0) is 16.1 Å². The van der Waals surface area contributed by atoms with Crippen molar-refractivity contribution in [2.24, 2.45) is 0 Å². The van der Waals surface area contributed by atoms with Crippen LogP contribution in [0.25, 0.3) is 54.6 Å². The fourth-order valence-electron chi connectivity index (χ4n) is 8.46. The van der Waals surface area contributed by atoms with Crippen LogP contribution in [0.5, 0.6) is 0 Å². The first-order chi connectivity index (χ1) is 24.6. The van der Waals surface area contributed by atoms with E-state index in [9.17, 15) is 4.79 Å². The fourth-order valence-corrected chi connectivity index (χ4v) is 8.46. The topological polar surface area (TPSA) is 32.8 Å². The number of unbranched alkanes of at least 4 members (excludes halogenated alkanes) is 1. The summed E-state index contributed by atoms with van der Waals surface area (Å²) in [4.78, 5) is 23.0. The van der Waals surface area contributed by atoms with Crippen LogP contribution in [0, 0.1) is 0 Å². The van der Waals surface area contributed by atoms with Crippen LogP contribution in [0.3, 0.4) is 0 Å². The fraction of sp³-hybridized carbons (Fsp3) is 0.340. The van der Waals surface area contributed by atoms with Crippen molar-refractivity contribution >= 4 is 38.2 Å². The Kier molecular flexibility index (Phi) is 9.28. The number of carbonyl (C=O) groups is 1. The minimum atomic E-state index is -0.708. The molecule has 1 amide bonds. The third kappa shape index (κ3) is 5.93. The molecule has 7 rings (SSSR count). The molecule has 0 N–H and O–H groups in total. The maximum absolute atomic E-state index is 13.9. The van der Waals surface area contributed by atoms with Crippen molar-refractivity contribution in [3.8, 4) is 22.3 Å². The van der Waals surface area contributed by atoms with Gasteiger partial charge in [0.1, 0.15) is 11.2 Å². The summed E-state index contributed by atoms with van der Waals surface area (Å²) in [6, 6.07) is 42.1. The normalized spacial score (nSPS) is 19.9. The van der Waals surface area contributed by atoms with Gasteiger partial charge in [0.25, 0.3) is 0 Å². The molecule has 0 bridgehead atoms. The SMILES string of the molecule is CCCCN1C(=O)C(C)(CC)N(OC(C)(C)Cc2ccc(-c3c4ccccc4c(-c4cccc5ccccc45)c4ccccc34)cc2)C1(C)CC. The molecule has 0 radical (unpaired) electrons. The maximum atomic E-state index is 13.9. The summed E-state index contributed by atoms with van der Waals surface area (Å²) in [6.45, 7) is 15.7. The van der Waals surface area contributed by atoms with E-state index in [1.165, 1.54) is 60.1 Å². The van der Waals surface area contributed by atoms with Crippen LogP contribution in [0.2, 0.25) is 0 Å². The lowest BCUT2D eigenvalue weighted by molar-refractivity contribution is -0.314. The molecule has 4 nitrogen and oxygen atoms in total. The second kappa shape index (κ2) is 13.6. The number of rotatable bonds is 11. The van der Waals surface area contributed by atoms with Gasteiger partial charge in [0, 0.05) is 13.0 Å². The Labute approximate surface area is 304 Å². The van der Waals surface area contributed by atoms with Gasteiger partial charge in [-0.25, -0.2) is 0 Å². The van der Waals surface area contributed by atoms with Crippen LogP contribution in [-0.4, -0.2) is 39.2 Å². The van der Waals surface area contributed by atoms with E-state index in [2.05, 4.69) is 174 Å². The zero-order chi connectivity index (χ0) is 36.0. The molecule has 0 aromatic heterocycles. The molecular formula is C47H52N2O2. The predicted octanol–water partition coefficient (Wildman–Crippen LogP) is 12.0. The molecule has 2 atom stereocenters. The van der Waals surface area contributed by atoms with E-state index in [0.29, 0.717) is 12.8 Å². The van der Waals surface area contributed by atoms with E-state index >= 15 is 0 Å². The van der Waals surface area contributed by atoms with Crippen LogP contribution in [0.1, 0.15) is 79.7 Å². The lowest BCUT2D eigenvalue weighted by atomic mass is 9.84. The Balaban J connectivity index is 1.25. The molecule has 0 spiro atoms. The zero-order valence-electron chi connectivity index (χ0n) is 31.4. The third-order valence-corrected chi connectivity index (χ3v) is 11.5. The van der Waals surface area contributed by atoms with Gasteiger partial charge >= 0.3 is 0 Å². The number of hydrogen-bond donors (Lipinski definition) is 0. The highest BCUT2D eigenvalue weighted by Gasteiger charge is 2.61. The van der Waals surface area contributed by atoms with Gasteiger partial charge in [0.05, 0.1) is 5.60 Å². The first kappa shape index (κ1) is 34.9. The number of hydroxylamine groups is 2. The zero-order valence-corrected chi connectivity index (χ0v) is 31.4. The summed E-state index contributed by atoms with van der Waals surface area (Å²) in [5, 5.41) is 9.59. The second-order valence-corrected chi connectivity index (χ2v) is 15.4. The summed E-state index contributed by atoms with van der Waals surface area (Å²) in [5.41, 5.74) is 4.46. The Morgan fingerprint density at radius 3 is 1.76 bits per heavy atom. The minimum absolute atomic E-state index is 0.175. The quantitative estimate of drug-likeness (QED) is 0.128. The first-order valence-corrected chi connectivity index (χ1v) is 18.9. The van der Waals surface area contributed by atoms with Crippen molar-refractivity contribution in [3.63, 3.8) is 0 Å². The van der Waals surface area contributed by atoms with Crippen molar-refractivity contribution in [2.75, 3.05) is 6.54 Å². The average molecular weight is 677 g/mol. The molecular weight excluding hydrogens is 625 g/mol. The molecule has 1 aliphatic rings. The van der Waals surface area contributed by atoms with Crippen molar-refractivity contribution in [2.45, 2.75) is 97.4 Å². The molecule has 0 saturated carbocycles. The third-order valence-electron chi connectivity index (χ3n) is 11.5. The standard InChI is InChI=1S/C47H52N2O2/c1-8-11-31-48-44(50)46(6,9-2)49(47(48,7)10-3)51-45(4,5)32-33-27-29-35(30-28-33)42-38-22-14-16-24-40(38)43(41-25-17-15-23-39(41)42)37-26-18-20-34-19-12-13-21-36(34)37/h12-30H,8-11,31-32H2,1-7H3. The van der Waals surface area contributed by atoms with E-state index < -0.39 is 16.8 Å². The van der Waals surface area contributed by atoms with Gasteiger partial charge in [-0.15, -0.1) is 5.06 Å². The first-order valence-electron chi connectivity index (χ1n) is 18.9. The molecule has 1 saturated heterocycles. The van der Waals surface area contributed by atoms with Crippen LogP contribution in [0.15, 0.2) is 115 Å². The van der Waals surface area contributed by atoms with Crippen molar-refractivity contribution < 1.29 is 9.63 Å². The summed E-state index contributed by atoms with van der Waals surface area (Å²) in [7, 11) is 0. The Hall–Kier alpha value is -4.51. The van der Waals surface area contributed by atoms with Crippen molar-refractivity contribution in [1.82, 2.24) is 9.96 Å². The molecule has 1 heterocycles. The van der Waals surface area contributed by atoms with Crippen molar-refractivity contribution in [1.29, 1.82) is 0 Å². The molecule has 262 valence electrons. The van der Waals surface area contributed by atoms with Gasteiger partial charge in [0.15, 0.2) is 0 Å². The van der Waals surface area contributed by atoms with Crippen LogP contribution < -0.4 is 0 Å². The maximum Gasteiger partial charge on any atom is 0.246 e. The highest BCUT2D eigenvalue weighted by molar-refractivity contribution is 6.23. The Morgan fingerprint density at radius 1 is 0.647 bits per heavy atom. The smallest absolute Gasteiger partial charge is 0.246 e. The van der Waals surface area contributed by atoms with Crippen LogP contribution in [0.4, 0.5) is 0 Å². The lowest BCUT2D eigenvalue weighted by Crippen LogP contribution is -2.57. The molecule has 4 heteroatoms. The molecule has 1 fully saturated rings. The highest BCUT2D eigenvalue weighted by Crippen LogP contribution is 2.47. The number of amides is 1. The van der Waals surface area contributed by atoms with E-state index in [-0.39, 0.29) is 5.91 Å². The van der Waals surface area contributed by atoms with E-state index in [0.717, 1.165) is 25.8 Å². The Morgan fingerprint density at radius 2 is 1.20 bits per heavy atom. The van der Waals surface area contributed by atoms with Gasteiger partial charge in [-0.3, -0.25) is 9.63 Å². The summed E-state index contributed by atoms with van der Waals surface area (Å²) < 4.78 is 0.